The van der Waals surface area contributed by atoms with E-state index in [-0.39, 0.29) is 12.2 Å². The van der Waals surface area contributed by atoms with Crippen LogP contribution in [0.25, 0.3) is 0 Å². The number of hydrogen-bond donors (Lipinski definition) is 1. The average molecular weight is 419 g/mol. The summed E-state index contributed by atoms with van der Waals surface area (Å²) in [6.45, 7) is 11.0. The van der Waals surface area contributed by atoms with Gasteiger partial charge in [-0.05, 0) is 38.8 Å². The van der Waals surface area contributed by atoms with Crippen molar-refractivity contribution in [1.82, 2.24) is 15.2 Å². The van der Waals surface area contributed by atoms with Crippen molar-refractivity contribution >= 4 is 17.3 Å². The topological polar surface area (TPSA) is 59.0 Å². The molecule has 1 aromatic carbocycles. The number of aromatic nitrogens is 1. The Morgan fingerprint density at radius 3 is 2.52 bits per heavy atom. The lowest BCUT2D eigenvalue weighted by Gasteiger charge is -2.21. The van der Waals surface area contributed by atoms with Crippen LogP contribution < -0.4 is 5.32 Å². The fourth-order valence-corrected chi connectivity index (χ4v) is 3.48. The normalized spacial score (nSPS) is 13.0. The number of ether oxygens (including phenoxy) is 2. The van der Waals surface area contributed by atoms with Crippen molar-refractivity contribution in [2.75, 3.05) is 20.7 Å². The van der Waals surface area contributed by atoms with Gasteiger partial charge in [-0.3, -0.25) is 0 Å². The zero-order chi connectivity index (χ0) is 21.2. The van der Waals surface area contributed by atoms with Gasteiger partial charge in [0.1, 0.15) is 11.1 Å². The van der Waals surface area contributed by atoms with Crippen LogP contribution in [0.15, 0.2) is 34.6 Å². The van der Waals surface area contributed by atoms with Gasteiger partial charge in [-0.2, -0.15) is 0 Å². The number of hydrogen-bond acceptors (Lipinski definition) is 5. The molecule has 0 aliphatic rings. The van der Waals surface area contributed by atoms with Gasteiger partial charge in [-0.25, -0.2) is 9.98 Å². The van der Waals surface area contributed by atoms with E-state index in [0.29, 0.717) is 19.7 Å². The van der Waals surface area contributed by atoms with E-state index in [1.54, 1.807) is 18.4 Å². The zero-order valence-corrected chi connectivity index (χ0v) is 19.3. The Morgan fingerprint density at radius 1 is 1.21 bits per heavy atom. The Balaban J connectivity index is 1.98. The fourth-order valence-electron chi connectivity index (χ4n) is 2.64. The van der Waals surface area contributed by atoms with E-state index in [4.69, 9.17) is 14.5 Å². The molecule has 0 aliphatic carbocycles. The molecule has 1 heterocycles. The molecule has 0 bridgehead atoms. The second-order valence-corrected chi connectivity index (χ2v) is 8.15. The van der Waals surface area contributed by atoms with Crippen molar-refractivity contribution < 1.29 is 9.47 Å². The van der Waals surface area contributed by atoms with Crippen molar-refractivity contribution in [2.24, 2.45) is 4.99 Å². The third-order valence-corrected chi connectivity index (χ3v) is 5.44. The molecule has 1 atom stereocenters. The maximum Gasteiger partial charge on any atom is 0.194 e. The van der Waals surface area contributed by atoms with E-state index in [1.807, 2.05) is 27.8 Å². The number of rotatable bonds is 10. The molecule has 0 fully saturated rings. The maximum absolute atomic E-state index is 5.65. The molecular formula is C22H34N4O2S. The monoisotopic (exact) mass is 418 g/mol. The summed E-state index contributed by atoms with van der Waals surface area (Å²) in [5, 5.41) is 6.45. The second-order valence-electron chi connectivity index (χ2n) is 7.26. The van der Waals surface area contributed by atoms with Crippen LogP contribution in [0.4, 0.5) is 0 Å². The van der Waals surface area contributed by atoms with Gasteiger partial charge in [0.15, 0.2) is 5.96 Å². The number of benzene rings is 1. The van der Waals surface area contributed by atoms with E-state index in [1.165, 1.54) is 11.1 Å². The third kappa shape index (κ3) is 7.76. The largest absolute Gasteiger partial charge is 0.375 e. The van der Waals surface area contributed by atoms with Gasteiger partial charge in [0, 0.05) is 26.1 Å². The van der Waals surface area contributed by atoms with Gasteiger partial charge >= 0.3 is 0 Å². The molecule has 1 N–H and O–H groups in total. The van der Waals surface area contributed by atoms with Crippen LogP contribution in [0.5, 0.6) is 0 Å². The molecule has 29 heavy (non-hydrogen) atoms. The lowest BCUT2D eigenvalue weighted by atomic mass is 10.1. The molecule has 2 rings (SSSR count). The summed E-state index contributed by atoms with van der Waals surface area (Å²) in [7, 11) is 3.74. The van der Waals surface area contributed by atoms with E-state index >= 15 is 0 Å². The van der Waals surface area contributed by atoms with Crippen LogP contribution in [0.2, 0.25) is 0 Å². The molecule has 0 amide bonds. The average Bonchev–Trinajstić information content (AvgIpc) is 3.18. The van der Waals surface area contributed by atoms with Gasteiger partial charge < -0.3 is 19.7 Å². The van der Waals surface area contributed by atoms with Crippen molar-refractivity contribution in [1.29, 1.82) is 0 Å². The minimum atomic E-state index is 0.0230. The Labute approximate surface area is 179 Å². The minimum Gasteiger partial charge on any atom is -0.375 e. The molecule has 2 aromatic rings. The van der Waals surface area contributed by atoms with Crippen LogP contribution in [0.3, 0.4) is 0 Å². The summed E-state index contributed by atoms with van der Waals surface area (Å²) in [5.74, 6) is 0.869. The molecular weight excluding hydrogens is 384 g/mol. The number of methoxy groups -OCH3 is 1. The van der Waals surface area contributed by atoms with Gasteiger partial charge in [-0.1, -0.05) is 24.3 Å². The molecule has 160 valence electrons. The summed E-state index contributed by atoms with van der Waals surface area (Å²) in [4.78, 5) is 11.6. The molecule has 1 aromatic heterocycles. The fraction of sp³-hybridized carbons (Fsp3) is 0.545. The highest BCUT2D eigenvalue weighted by Gasteiger charge is 2.12. The van der Waals surface area contributed by atoms with E-state index in [2.05, 4.69) is 51.8 Å². The Bertz CT molecular complexity index is 758. The number of nitrogens with zero attached hydrogens (tertiary/aromatic N) is 3. The van der Waals surface area contributed by atoms with Crippen molar-refractivity contribution in [3.05, 3.63) is 51.5 Å². The standard InChI is InChI=1S/C22H34N4O2S/c1-7-23-22(26(5)13-20-15-29-21(25-20)17(4)27-6)24-12-18-8-10-19(11-9-18)14-28-16(2)3/h8-11,15-17H,7,12-14H2,1-6H3,(H,23,24). The second kappa shape index (κ2) is 11.9. The summed E-state index contributed by atoms with van der Waals surface area (Å²) in [5.41, 5.74) is 3.38. The molecule has 6 nitrogen and oxygen atoms in total. The predicted octanol–water partition coefficient (Wildman–Crippen LogP) is 4.37. The van der Waals surface area contributed by atoms with Crippen molar-refractivity contribution in [3.8, 4) is 0 Å². The number of aliphatic imine (C=N–C) groups is 1. The third-order valence-electron chi connectivity index (χ3n) is 4.38. The molecule has 0 spiro atoms. The molecule has 7 heteroatoms. The smallest absolute Gasteiger partial charge is 0.194 e. The summed E-state index contributed by atoms with van der Waals surface area (Å²) < 4.78 is 11.0. The summed E-state index contributed by atoms with van der Waals surface area (Å²) in [6, 6.07) is 8.45. The predicted molar refractivity (Wildman–Crippen MR) is 120 cm³/mol. The Morgan fingerprint density at radius 2 is 1.90 bits per heavy atom. The SMILES string of the molecule is CCNC(=NCc1ccc(COC(C)C)cc1)N(C)Cc1csc(C(C)OC)n1. The first-order valence-electron chi connectivity index (χ1n) is 10.1. The van der Waals surface area contributed by atoms with Crippen molar-refractivity contribution in [2.45, 2.75) is 59.6 Å². The number of guanidine groups is 1. The highest BCUT2D eigenvalue weighted by Crippen LogP contribution is 2.21. The summed E-state index contributed by atoms with van der Waals surface area (Å²) >= 11 is 1.63. The molecule has 0 radical (unpaired) electrons. The summed E-state index contributed by atoms with van der Waals surface area (Å²) in [6.07, 6.45) is 0.263. The van der Waals surface area contributed by atoms with Crippen LogP contribution >= 0.6 is 11.3 Å². The highest BCUT2D eigenvalue weighted by atomic mass is 32.1. The molecule has 0 saturated carbocycles. The highest BCUT2D eigenvalue weighted by molar-refractivity contribution is 7.09. The first kappa shape index (κ1) is 23.3. The van der Waals surface area contributed by atoms with Crippen LogP contribution in [-0.4, -0.2) is 42.6 Å². The van der Waals surface area contributed by atoms with Gasteiger partial charge in [-0.15, -0.1) is 11.3 Å². The van der Waals surface area contributed by atoms with Gasteiger partial charge in [0.25, 0.3) is 0 Å². The molecule has 1 unspecified atom stereocenters. The molecule has 0 aliphatic heterocycles. The van der Waals surface area contributed by atoms with Crippen molar-refractivity contribution in [3.63, 3.8) is 0 Å². The van der Waals surface area contributed by atoms with Crippen LogP contribution in [-0.2, 0) is 29.2 Å². The molecule has 0 saturated heterocycles. The number of thiazole rings is 1. The Hall–Kier alpha value is -1.96. The van der Waals surface area contributed by atoms with Crippen LogP contribution in [0.1, 0.15) is 55.6 Å². The van der Waals surface area contributed by atoms with E-state index in [0.717, 1.165) is 23.2 Å². The van der Waals surface area contributed by atoms with E-state index < -0.39 is 0 Å². The maximum atomic E-state index is 5.65. The van der Waals surface area contributed by atoms with E-state index in [9.17, 15) is 0 Å². The zero-order valence-electron chi connectivity index (χ0n) is 18.4. The van der Waals surface area contributed by atoms with Crippen LogP contribution in [0, 0.1) is 0 Å². The van der Waals surface area contributed by atoms with Gasteiger partial charge in [0.2, 0.25) is 0 Å². The quantitative estimate of drug-likeness (QED) is 0.458. The minimum absolute atomic E-state index is 0.0230. The first-order chi connectivity index (χ1) is 13.9. The lowest BCUT2D eigenvalue weighted by molar-refractivity contribution is 0.0657. The Kier molecular flexibility index (Phi) is 9.57. The van der Waals surface area contributed by atoms with Gasteiger partial charge in [0.05, 0.1) is 31.5 Å². The number of nitrogens with one attached hydrogen (secondary N) is 1. The first-order valence-corrected chi connectivity index (χ1v) is 11.0. The lowest BCUT2D eigenvalue weighted by Crippen LogP contribution is -2.38.